The van der Waals surface area contributed by atoms with Gasteiger partial charge in [-0.1, -0.05) is 18.2 Å². The quantitative estimate of drug-likeness (QED) is 0.304. The van der Waals surface area contributed by atoms with E-state index in [2.05, 4.69) is 15.4 Å². The van der Waals surface area contributed by atoms with E-state index in [1.165, 1.54) is 19.2 Å². The van der Waals surface area contributed by atoms with Crippen LogP contribution in [0.2, 0.25) is 0 Å². The molecule has 1 aliphatic rings. The second-order valence-corrected chi connectivity index (χ2v) is 9.88. The largest absolute Gasteiger partial charge is 0.480 e. The number of ketones is 1. The van der Waals surface area contributed by atoms with Gasteiger partial charge in [-0.3, -0.25) is 19.3 Å². The zero-order valence-electron chi connectivity index (χ0n) is 21.9. The van der Waals surface area contributed by atoms with Gasteiger partial charge in [-0.15, -0.1) is 0 Å². The Bertz CT molecular complexity index is 1650. The van der Waals surface area contributed by atoms with Crippen molar-refractivity contribution in [1.82, 2.24) is 24.8 Å². The molecule has 0 saturated heterocycles. The molecule has 40 heavy (non-hydrogen) atoms. The predicted octanol–water partition coefficient (Wildman–Crippen LogP) is 4.02. The van der Waals surface area contributed by atoms with Crippen LogP contribution in [-0.4, -0.2) is 48.8 Å². The first-order valence-corrected chi connectivity index (χ1v) is 12.8. The van der Waals surface area contributed by atoms with Crippen LogP contribution < -0.4 is 5.32 Å². The van der Waals surface area contributed by atoms with Crippen LogP contribution in [0.5, 0.6) is 0 Å². The predicted molar refractivity (Wildman–Crippen MR) is 141 cm³/mol. The van der Waals surface area contributed by atoms with Crippen LogP contribution in [0.4, 0.5) is 8.78 Å². The summed E-state index contributed by atoms with van der Waals surface area (Å²) in [5.74, 6) is -3.52. The SMILES string of the molecule is CC(=O)c1ccc2c(c1C)CC[C@@H]2N(CC(=O)O)Cc1cc(C(=O)NCc2ccc(F)c(F)c2)nc2ccnn12. The molecule has 0 spiro atoms. The van der Waals surface area contributed by atoms with Gasteiger partial charge in [0, 0.05) is 30.8 Å². The van der Waals surface area contributed by atoms with Gasteiger partial charge in [-0.25, -0.2) is 18.3 Å². The number of Topliss-reactive ketones (excluding diaryl/α,β-unsaturated/α-hetero) is 1. The van der Waals surface area contributed by atoms with Gasteiger partial charge >= 0.3 is 5.97 Å². The first kappa shape index (κ1) is 27.1. The fraction of sp³-hybridized carbons (Fsp3) is 0.276. The van der Waals surface area contributed by atoms with Gasteiger partial charge in [-0.2, -0.15) is 5.10 Å². The van der Waals surface area contributed by atoms with Crippen molar-refractivity contribution in [2.45, 2.75) is 45.8 Å². The van der Waals surface area contributed by atoms with Crippen molar-refractivity contribution in [2.24, 2.45) is 0 Å². The number of nitrogens with one attached hydrogen (secondary N) is 1. The fourth-order valence-electron chi connectivity index (χ4n) is 5.41. The van der Waals surface area contributed by atoms with Crippen molar-refractivity contribution < 1.29 is 28.3 Å². The third-order valence-corrected chi connectivity index (χ3v) is 7.29. The van der Waals surface area contributed by atoms with E-state index in [0.717, 1.165) is 28.8 Å². The highest BCUT2D eigenvalue weighted by Crippen LogP contribution is 2.39. The van der Waals surface area contributed by atoms with E-state index in [4.69, 9.17) is 0 Å². The maximum atomic E-state index is 13.6. The molecule has 4 aromatic rings. The van der Waals surface area contributed by atoms with Gasteiger partial charge in [0.1, 0.15) is 5.69 Å². The molecule has 1 amide bonds. The summed E-state index contributed by atoms with van der Waals surface area (Å²) in [5, 5.41) is 16.7. The van der Waals surface area contributed by atoms with E-state index >= 15 is 0 Å². The number of carboxylic acids is 1. The van der Waals surface area contributed by atoms with Crippen molar-refractivity contribution in [3.8, 4) is 0 Å². The monoisotopic (exact) mass is 547 g/mol. The Labute approximate surface area is 228 Å². The highest BCUT2D eigenvalue weighted by molar-refractivity contribution is 5.96. The maximum Gasteiger partial charge on any atom is 0.317 e. The van der Waals surface area contributed by atoms with Crippen LogP contribution in [0.25, 0.3) is 5.65 Å². The molecule has 0 fully saturated rings. The Morgan fingerprint density at radius 1 is 1.12 bits per heavy atom. The maximum absolute atomic E-state index is 13.6. The van der Waals surface area contributed by atoms with Gasteiger partial charge in [0.05, 0.1) is 18.4 Å². The van der Waals surface area contributed by atoms with Crippen LogP contribution in [0.3, 0.4) is 0 Å². The molecule has 11 heteroatoms. The zero-order chi connectivity index (χ0) is 28.6. The van der Waals surface area contributed by atoms with E-state index in [1.54, 1.807) is 22.7 Å². The molecule has 0 unspecified atom stereocenters. The Balaban J connectivity index is 1.43. The summed E-state index contributed by atoms with van der Waals surface area (Å²) in [7, 11) is 0. The summed E-state index contributed by atoms with van der Waals surface area (Å²) in [5.41, 5.74) is 5.04. The highest BCUT2D eigenvalue weighted by atomic mass is 19.2. The first-order chi connectivity index (χ1) is 19.1. The molecule has 0 bridgehead atoms. The van der Waals surface area contributed by atoms with Crippen LogP contribution in [0, 0.1) is 18.6 Å². The summed E-state index contributed by atoms with van der Waals surface area (Å²) in [4.78, 5) is 43.1. The molecule has 0 saturated carbocycles. The second-order valence-electron chi connectivity index (χ2n) is 9.88. The number of carboxylic acid groups (broad SMARTS) is 1. The van der Waals surface area contributed by atoms with E-state index in [9.17, 15) is 28.3 Å². The normalized spacial score (nSPS) is 14.5. The topological polar surface area (TPSA) is 117 Å². The summed E-state index contributed by atoms with van der Waals surface area (Å²) >= 11 is 0. The lowest BCUT2D eigenvalue weighted by Gasteiger charge is -2.28. The number of nitrogens with zero attached hydrogens (tertiary/aromatic N) is 4. The zero-order valence-corrected chi connectivity index (χ0v) is 21.9. The number of amides is 1. The Morgan fingerprint density at radius 2 is 1.93 bits per heavy atom. The molecule has 1 aliphatic carbocycles. The number of carbonyl (C=O) groups is 3. The standard InChI is InChI=1S/C29H27F2N5O4/c1-16-20(17(2)37)4-5-22-21(16)6-8-26(22)35(15-28(38)39)14-19-12-25(34-27-9-10-33-36(19)27)29(40)32-13-18-3-7-23(30)24(31)11-18/h3-5,7,9-12,26H,6,8,13-15H2,1-2H3,(H,32,40)(H,38,39)/t26-/m0/s1. The molecule has 0 aliphatic heterocycles. The van der Waals surface area contributed by atoms with Crippen molar-refractivity contribution in [1.29, 1.82) is 0 Å². The lowest BCUT2D eigenvalue weighted by molar-refractivity contribution is -0.139. The smallest absolute Gasteiger partial charge is 0.317 e. The summed E-state index contributed by atoms with van der Waals surface area (Å²) in [6.45, 7) is 3.32. The highest BCUT2D eigenvalue weighted by Gasteiger charge is 2.32. The van der Waals surface area contributed by atoms with E-state index in [0.29, 0.717) is 35.3 Å². The van der Waals surface area contributed by atoms with Crippen molar-refractivity contribution in [3.05, 3.63) is 99.5 Å². The van der Waals surface area contributed by atoms with Gasteiger partial charge in [-0.05, 0) is 67.1 Å². The van der Waals surface area contributed by atoms with Gasteiger partial charge in [0.15, 0.2) is 23.1 Å². The minimum atomic E-state index is -1.01. The molecule has 2 heterocycles. The second kappa shape index (κ2) is 10.9. The number of hydrogen-bond acceptors (Lipinski definition) is 6. The first-order valence-electron chi connectivity index (χ1n) is 12.8. The minimum Gasteiger partial charge on any atom is -0.480 e. The summed E-state index contributed by atoms with van der Waals surface area (Å²) < 4.78 is 28.4. The van der Waals surface area contributed by atoms with Crippen LogP contribution in [0.15, 0.2) is 48.7 Å². The minimum absolute atomic E-state index is 0.0145. The van der Waals surface area contributed by atoms with Crippen LogP contribution in [0.1, 0.15) is 68.2 Å². The summed E-state index contributed by atoms with van der Waals surface area (Å²) in [6, 6.07) is 10.0. The fourth-order valence-corrected chi connectivity index (χ4v) is 5.41. The molecule has 2 aromatic carbocycles. The average Bonchev–Trinajstić information content (AvgIpc) is 3.56. The number of benzene rings is 2. The number of rotatable bonds is 9. The molecule has 1 atom stereocenters. The average molecular weight is 548 g/mol. The van der Waals surface area contributed by atoms with E-state index < -0.39 is 23.5 Å². The third kappa shape index (κ3) is 5.32. The lowest BCUT2D eigenvalue weighted by Crippen LogP contribution is -2.33. The molecule has 0 radical (unpaired) electrons. The number of fused-ring (bicyclic) bond motifs is 2. The van der Waals surface area contributed by atoms with Gasteiger partial charge in [0.25, 0.3) is 5.91 Å². The molecule has 9 nitrogen and oxygen atoms in total. The Morgan fingerprint density at radius 3 is 2.65 bits per heavy atom. The lowest BCUT2D eigenvalue weighted by atomic mass is 9.95. The van der Waals surface area contributed by atoms with Crippen molar-refractivity contribution in [3.63, 3.8) is 0 Å². The number of hydrogen-bond donors (Lipinski definition) is 2. The van der Waals surface area contributed by atoms with Crippen molar-refractivity contribution in [2.75, 3.05) is 6.54 Å². The number of aromatic nitrogens is 3. The molecule has 5 rings (SSSR count). The van der Waals surface area contributed by atoms with Gasteiger partial charge < -0.3 is 10.4 Å². The Hall–Kier alpha value is -4.51. The molecular weight excluding hydrogens is 520 g/mol. The van der Waals surface area contributed by atoms with E-state index in [1.807, 2.05) is 17.9 Å². The number of carbonyl (C=O) groups excluding carboxylic acids is 2. The van der Waals surface area contributed by atoms with Crippen LogP contribution >= 0.6 is 0 Å². The molecule has 2 N–H and O–H groups in total. The molecule has 206 valence electrons. The Kier molecular flexibility index (Phi) is 7.40. The van der Waals surface area contributed by atoms with E-state index in [-0.39, 0.29) is 37.2 Å². The number of halogens is 2. The van der Waals surface area contributed by atoms with Gasteiger partial charge in [0.2, 0.25) is 0 Å². The van der Waals surface area contributed by atoms with Crippen molar-refractivity contribution >= 4 is 23.3 Å². The number of aliphatic carboxylic acids is 1. The molecular formula is C29H27F2N5O4. The molecule has 2 aromatic heterocycles. The summed E-state index contributed by atoms with van der Waals surface area (Å²) in [6.07, 6.45) is 2.93. The van der Waals surface area contributed by atoms with Crippen LogP contribution in [-0.2, 0) is 24.3 Å². The third-order valence-electron chi connectivity index (χ3n) is 7.29.